The van der Waals surface area contributed by atoms with Crippen molar-refractivity contribution in [3.8, 4) is 0 Å². The number of aryl methyl sites for hydroxylation is 1. The number of rotatable bonds is 2. The second-order valence-corrected chi connectivity index (χ2v) is 2.71. The van der Waals surface area contributed by atoms with Crippen LogP contribution in [0.3, 0.4) is 0 Å². The molecule has 0 aliphatic carbocycles. The van der Waals surface area contributed by atoms with Crippen LogP contribution in [0.2, 0.25) is 0 Å². The summed E-state index contributed by atoms with van der Waals surface area (Å²) in [7, 11) is 1.34. The standard InChI is InChI=1S/C10H11NO2/c1-7-3-4-8(10(12)13-2)5-9(7)6-11/h3-6,11H,1-2H3. The first-order valence-electron chi connectivity index (χ1n) is 3.88. The van der Waals surface area contributed by atoms with Gasteiger partial charge in [0.1, 0.15) is 0 Å². The highest BCUT2D eigenvalue weighted by atomic mass is 16.5. The van der Waals surface area contributed by atoms with Gasteiger partial charge in [-0.25, -0.2) is 4.79 Å². The fraction of sp³-hybridized carbons (Fsp3) is 0.200. The van der Waals surface area contributed by atoms with Crippen molar-refractivity contribution in [2.24, 2.45) is 0 Å². The van der Waals surface area contributed by atoms with Crippen LogP contribution in [0.4, 0.5) is 0 Å². The van der Waals surface area contributed by atoms with Gasteiger partial charge in [-0.3, -0.25) is 0 Å². The van der Waals surface area contributed by atoms with Gasteiger partial charge in [0.25, 0.3) is 0 Å². The summed E-state index contributed by atoms with van der Waals surface area (Å²) in [6.45, 7) is 1.89. The summed E-state index contributed by atoms with van der Waals surface area (Å²) in [6, 6.07) is 5.13. The van der Waals surface area contributed by atoms with Gasteiger partial charge in [0.05, 0.1) is 12.7 Å². The number of carbonyl (C=O) groups is 1. The Hall–Kier alpha value is -1.64. The van der Waals surface area contributed by atoms with Gasteiger partial charge < -0.3 is 10.1 Å². The van der Waals surface area contributed by atoms with Crippen molar-refractivity contribution in [3.63, 3.8) is 0 Å². The van der Waals surface area contributed by atoms with E-state index in [2.05, 4.69) is 4.74 Å². The van der Waals surface area contributed by atoms with E-state index in [1.807, 2.05) is 6.92 Å². The van der Waals surface area contributed by atoms with Crippen LogP contribution in [0.15, 0.2) is 18.2 Å². The quantitative estimate of drug-likeness (QED) is 0.553. The minimum absolute atomic E-state index is 0.372. The zero-order chi connectivity index (χ0) is 9.84. The third kappa shape index (κ3) is 1.93. The zero-order valence-electron chi connectivity index (χ0n) is 7.63. The van der Waals surface area contributed by atoms with Crippen molar-refractivity contribution < 1.29 is 9.53 Å². The van der Waals surface area contributed by atoms with Crippen LogP contribution in [0.5, 0.6) is 0 Å². The van der Waals surface area contributed by atoms with Crippen LogP contribution >= 0.6 is 0 Å². The predicted octanol–water partition coefficient (Wildman–Crippen LogP) is 1.78. The molecule has 0 atom stereocenters. The average Bonchev–Trinajstić information content (AvgIpc) is 2.17. The lowest BCUT2D eigenvalue weighted by Gasteiger charge is -2.02. The van der Waals surface area contributed by atoms with Crippen molar-refractivity contribution in [2.45, 2.75) is 6.92 Å². The molecule has 0 aromatic heterocycles. The molecule has 0 amide bonds. The van der Waals surface area contributed by atoms with Gasteiger partial charge in [0.15, 0.2) is 0 Å². The van der Waals surface area contributed by atoms with E-state index >= 15 is 0 Å². The molecule has 0 bridgehead atoms. The molecule has 3 heteroatoms. The highest BCUT2D eigenvalue weighted by Crippen LogP contribution is 2.09. The van der Waals surface area contributed by atoms with E-state index in [0.717, 1.165) is 11.1 Å². The fourth-order valence-corrected chi connectivity index (χ4v) is 1.04. The number of esters is 1. The lowest BCUT2D eigenvalue weighted by Crippen LogP contribution is -2.02. The first-order valence-corrected chi connectivity index (χ1v) is 3.88. The monoisotopic (exact) mass is 177 g/mol. The zero-order valence-corrected chi connectivity index (χ0v) is 7.63. The molecule has 0 fully saturated rings. The molecule has 1 rings (SSSR count). The Balaban J connectivity index is 3.13. The van der Waals surface area contributed by atoms with Gasteiger partial charge in [0, 0.05) is 6.21 Å². The summed E-state index contributed by atoms with van der Waals surface area (Å²) < 4.78 is 4.56. The Bertz CT molecular complexity index is 345. The molecule has 1 aromatic rings. The van der Waals surface area contributed by atoms with E-state index in [-0.39, 0.29) is 5.97 Å². The van der Waals surface area contributed by atoms with Crippen molar-refractivity contribution in [2.75, 3.05) is 7.11 Å². The van der Waals surface area contributed by atoms with Gasteiger partial charge >= 0.3 is 5.97 Å². The molecule has 0 saturated carbocycles. The summed E-state index contributed by atoms with van der Waals surface area (Å²) in [6.07, 6.45) is 1.22. The first-order chi connectivity index (χ1) is 6.19. The molecule has 1 N–H and O–H groups in total. The first kappa shape index (κ1) is 9.45. The Morgan fingerprint density at radius 1 is 1.54 bits per heavy atom. The maximum Gasteiger partial charge on any atom is 0.337 e. The summed E-state index contributed by atoms with van der Waals surface area (Å²) in [5.41, 5.74) is 2.19. The molecule has 1 aromatic carbocycles. The number of hydrogen-bond acceptors (Lipinski definition) is 3. The normalized spacial score (nSPS) is 9.38. The van der Waals surface area contributed by atoms with Crippen LogP contribution < -0.4 is 0 Å². The summed E-state index contributed by atoms with van der Waals surface area (Å²) in [5.74, 6) is -0.372. The largest absolute Gasteiger partial charge is 0.465 e. The lowest BCUT2D eigenvalue weighted by molar-refractivity contribution is 0.0600. The molecule has 0 radical (unpaired) electrons. The molecule has 68 valence electrons. The summed E-state index contributed by atoms with van der Waals surface area (Å²) in [4.78, 5) is 11.1. The van der Waals surface area contributed by atoms with Gasteiger partial charge in [-0.05, 0) is 30.2 Å². The molecule has 0 aliphatic heterocycles. The molecule has 0 heterocycles. The van der Waals surface area contributed by atoms with Crippen LogP contribution in [0, 0.1) is 12.3 Å². The van der Waals surface area contributed by atoms with Gasteiger partial charge in [-0.15, -0.1) is 0 Å². The summed E-state index contributed by atoms with van der Waals surface area (Å²) >= 11 is 0. The van der Waals surface area contributed by atoms with E-state index in [9.17, 15) is 4.79 Å². The topological polar surface area (TPSA) is 50.2 Å². The molecule has 0 unspecified atom stereocenters. The van der Waals surface area contributed by atoms with Crippen molar-refractivity contribution >= 4 is 12.2 Å². The molecule has 0 aliphatic rings. The van der Waals surface area contributed by atoms with Crippen molar-refractivity contribution in [1.29, 1.82) is 5.41 Å². The molecule has 13 heavy (non-hydrogen) atoms. The number of methoxy groups -OCH3 is 1. The second-order valence-electron chi connectivity index (χ2n) is 2.71. The van der Waals surface area contributed by atoms with Crippen molar-refractivity contribution in [3.05, 3.63) is 34.9 Å². The van der Waals surface area contributed by atoms with Crippen LogP contribution in [0.1, 0.15) is 21.5 Å². The number of nitrogens with one attached hydrogen (secondary N) is 1. The molecular formula is C10H11NO2. The van der Waals surface area contributed by atoms with Gasteiger partial charge in [-0.1, -0.05) is 6.07 Å². The average molecular weight is 177 g/mol. The Morgan fingerprint density at radius 3 is 2.77 bits per heavy atom. The number of benzene rings is 1. The highest BCUT2D eigenvalue weighted by molar-refractivity contribution is 5.92. The lowest BCUT2D eigenvalue weighted by atomic mass is 10.1. The summed E-state index contributed by atoms with van der Waals surface area (Å²) in [5, 5.41) is 7.10. The number of ether oxygens (including phenoxy) is 1. The minimum atomic E-state index is -0.372. The van der Waals surface area contributed by atoms with Crippen molar-refractivity contribution in [1.82, 2.24) is 0 Å². The van der Waals surface area contributed by atoms with E-state index in [4.69, 9.17) is 5.41 Å². The van der Waals surface area contributed by atoms with E-state index < -0.39 is 0 Å². The third-order valence-electron chi connectivity index (χ3n) is 1.86. The van der Waals surface area contributed by atoms with E-state index in [0.29, 0.717) is 5.56 Å². The molecule has 0 spiro atoms. The molecule has 0 saturated heterocycles. The number of hydrogen-bond donors (Lipinski definition) is 1. The van der Waals surface area contributed by atoms with Gasteiger partial charge in [-0.2, -0.15) is 0 Å². The number of carbonyl (C=O) groups excluding carboxylic acids is 1. The SMILES string of the molecule is COC(=O)c1ccc(C)c(C=N)c1. The minimum Gasteiger partial charge on any atom is -0.465 e. The Labute approximate surface area is 76.9 Å². The van der Waals surface area contributed by atoms with E-state index in [1.54, 1.807) is 18.2 Å². The highest BCUT2D eigenvalue weighted by Gasteiger charge is 2.05. The Morgan fingerprint density at radius 2 is 2.23 bits per heavy atom. The van der Waals surface area contributed by atoms with Crippen LogP contribution in [-0.4, -0.2) is 19.3 Å². The van der Waals surface area contributed by atoms with E-state index in [1.165, 1.54) is 13.3 Å². The molecular weight excluding hydrogens is 166 g/mol. The maximum absolute atomic E-state index is 11.1. The Kier molecular flexibility index (Phi) is 2.80. The van der Waals surface area contributed by atoms with Gasteiger partial charge in [0.2, 0.25) is 0 Å². The predicted molar refractivity (Wildman–Crippen MR) is 50.4 cm³/mol. The van der Waals surface area contributed by atoms with Crippen LogP contribution in [-0.2, 0) is 4.74 Å². The fourth-order valence-electron chi connectivity index (χ4n) is 1.04. The van der Waals surface area contributed by atoms with Crippen LogP contribution in [0.25, 0.3) is 0 Å². The smallest absolute Gasteiger partial charge is 0.337 e. The second kappa shape index (κ2) is 3.85. The third-order valence-corrected chi connectivity index (χ3v) is 1.86. The maximum atomic E-state index is 11.1. The molecule has 3 nitrogen and oxygen atoms in total.